The van der Waals surface area contributed by atoms with Crippen molar-refractivity contribution < 1.29 is 9.68 Å². The van der Waals surface area contributed by atoms with Gasteiger partial charge in [-0.05, 0) is 19.8 Å². The Bertz CT molecular complexity index is 676. The van der Waals surface area contributed by atoms with Crippen LogP contribution in [0, 0.1) is 6.92 Å². The number of nitrogens with one attached hydrogen (secondary N) is 1. The van der Waals surface area contributed by atoms with Gasteiger partial charge in [-0.3, -0.25) is 14.3 Å². The van der Waals surface area contributed by atoms with E-state index in [1.807, 2.05) is 20.8 Å². The Labute approximate surface area is 122 Å². The van der Waals surface area contributed by atoms with Gasteiger partial charge in [0.25, 0.3) is 0 Å². The van der Waals surface area contributed by atoms with Crippen molar-refractivity contribution in [2.75, 3.05) is 18.7 Å². The van der Waals surface area contributed by atoms with Gasteiger partial charge in [0.1, 0.15) is 6.61 Å². The molecule has 0 bridgehead atoms. The molecule has 0 radical (unpaired) electrons. The summed E-state index contributed by atoms with van der Waals surface area (Å²) in [5.41, 5.74) is 3.55. The normalized spacial score (nSPS) is 11.0. The second-order valence-corrected chi connectivity index (χ2v) is 4.74. The highest BCUT2D eigenvalue weighted by molar-refractivity contribution is 5.90. The van der Waals surface area contributed by atoms with Crippen LogP contribution in [0.4, 0.5) is 5.82 Å². The predicted octanol–water partition coefficient (Wildman–Crippen LogP) is 1.03. The second-order valence-electron chi connectivity index (χ2n) is 4.74. The lowest BCUT2D eigenvalue weighted by atomic mass is 10.3. The maximum Gasteiger partial charge on any atom is 0.331 e. The summed E-state index contributed by atoms with van der Waals surface area (Å²) in [5, 5.41) is 9.06. The molecule has 2 aromatic rings. The van der Waals surface area contributed by atoms with Gasteiger partial charge in [0, 0.05) is 12.7 Å². The molecule has 21 heavy (non-hydrogen) atoms. The van der Waals surface area contributed by atoms with Gasteiger partial charge in [-0.1, -0.05) is 18.7 Å². The minimum absolute atomic E-state index is 0.309. The van der Waals surface area contributed by atoms with Crippen molar-refractivity contribution in [3.8, 4) is 0 Å². The topological polar surface area (TPSA) is 83.2 Å². The summed E-state index contributed by atoms with van der Waals surface area (Å²) in [6.07, 6.45) is 1.65. The van der Waals surface area contributed by atoms with Crippen LogP contribution in [0.2, 0.25) is 0 Å². The fourth-order valence-electron chi connectivity index (χ4n) is 1.88. The van der Waals surface area contributed by atoms with Crippen LogP contribution in [0.25, 0.3) is 10.9 Å². The van der Waals surface area contributed by atoms with E-state index in [0.29, 0.717) is 29.9 Å². The van der Waals surface area contributed by atoms with Gasteiger partial charge in [0.05, 0.1) is 12.0 Å². The molecular formula is C13H21N5O3. The molecule has 2 heterocycles. The monoisotopic (exact) mass is 295 g/mol. The van der Waals surface area contributed by atoms with E-state index in [0.717, 1.165) is 23.4 Å². The van der Waals surface area contributed by atoms with Gasteiger partial charge < -0.3 is 4.84 Å². The van der Waals surface area contributed by atoms with Crippen LogP contribution in [0.5, 0.6) is 0 Å². The number of rotatable bonds is 7. The third-order valence-electron chi connectivity index (χ3n) is 3.03. The highest BCUT2D eigenvalue weighted by Crippen LogP contribution is 2.21. The van der Waals surface area contributed by atoms with Crippen molar-refractivity contribution in [3.05, 3.63) is 16.0 Å². The quantitative estimate of drug-likeness (QED) is 0.607. The summed E-state index contributed by atoms with van der Waals surface area (Å²) in [7, 11) is 1.78. The van der Waals surface area contributed by atoms with Gasteiger partial charge in [0.2, 0.25) is 0 Å². The fraction of sp³-hybridized carbons (Fsp3) is 0.615. The first kappa shape index (κ1) is 15.3. The van der Waals surface area contributed by atoms with Gasteiger partial charge in [-0.2, -0.15) is 5.10 Å². The molecular weight excluding hydrogens is 274 g/mol. The molecule has 8 heteroatoms. The number of anilines is 1. The van der Waals surface area contributed by atoms with Crippen LogP contribution in [0.15, 0.2) is 4.79 Å². The lowest BCUT2D eigenvalue weighted by molar-refractivity contribution is 0.0727. The number of aryl methyl sites for hydroxylation is 2. The third-order valence-corrected chi connectivity index (χ3v) is 3.03. The molecule has 8 nitrogen and oxygen atoms in total. The van der Waals surface area contributed by atoms with E-state index < -0.39 is 0 Å². The van der Waals surface area contributed by atoms with Crippen LogP contribution in [-0.4, -0.2) is 32.9 Å². The van der Waals surface area contributed by atoms with Gasteiger partial charge >= 0.3 is 5.56 Å². The van der Waals surface area contributed by atoms with E-state index in [-0.39, 0.29) is 5.56 Å². The Morgan fingerprint density at radius 3 is 2.57 bits per heavy atom. The fourth-order valence-corrected chi connectivity index (χ4v) is 1.88. The van der Waals surface area contributed by atoms with Crippen LogP contribution in [-0.2, 0) is 11.9 Å². The molecule has 0 saturated carbocycles. The standard InChI is InChI=1S/C13H21N5O3/c1-5-7-20-16-12-10-9(3)17(4)14-11(10)13(19)18(15-12)21-8-6-2/h5-8H2,1-4H3,(H,15,16). The van der Waals surface area contributed by atoms with Crippen molar-refractivity contribution >= 4 is 16.7 Å². The SMILES string of the molecule is CCCONc1nn(OCCC)c(=O)c2nn(C)c(C)c12. The Hall–Kier alpha value is -2.09. The average Bonchev–Trinajstić information content (AvgIpc) is 2.77. The van der Waals surface area contributed by atoms with E-state index in [2.05, 4.69) is 15.7 Å². The van der Waals surface area contributed by atoms with Gasteiger partial charge in [-0.15, -0.1) is 5.10 Å². The summed E-state index contributed by atoms with van der Waals surface area (Å²) < 4.78 is 1.64. The van der Waals surface area contributed by atoms with Crippen LogP contribution in [0.1, 0.15) is 32.4 Å². The van der Waals surface area contributed by atoms with Gasteiger partial charge in [-0.25, -0.2) is 5.48 Å². The second kappa shape index (κ2) is 6.57. The van der Waals surface area contributed by atoms with Crippen molar-refractivity contribution in [1.29, 1.82) is 0 Å². The molecule has 0 aliphatic heterocycles. The maximum atomic E-state index is 12.3. The lowest BCUT2D eigenvalue weighted by Gasteiger charge is -2.10. The summed E-state index contributed by atoms with van der Waals surface area (Å²) in [6.45, 7) is 6.78. The molecule has 0 atom stereocenters. The minimum Gasteiger partial charge on any atom is -0.393 e. The number of aromatic nitrogens is 4. The maximum absolute atomic E-state index is 12.3. The number of fused-ring (bicyclic) bond motifs is 1. The molecule has 0 unspecified atom stereocenters. The Morgan fingerprint density at radius 2 is 1.90 bits per heavy atom. The van der Waals surface area contributed by atoms with E-state index in [4.69, 9.17) is 9.68 Å². The Morgan fingerprint density at radius 1 is 1.19 bits per heavy atom. The van der Waals surface area contributed by atoms with Gasteiger partial charge in [0.15, 0.2) is 11.3 Å². The highest BCUT2D eigenvalue weighted by atomic mass is 16.7. The lowest BCUT2D eigenvalue weighted by Crippen LogP contribution is -2.31. The zero-order chi connectivity index (χ0) is 15.4. The van der Waals surface area contributed by atoms with E-state index >= 15 is 0 Å². The first-order chi connectivity index (χ1) is 10.1. The predicted molar refractivity (Wildman–Crippen MR) is 79.1 cm³/mol. The minimum atomic E-state index is -0.372. The first-order valence-electron chi connectivity index (χ1n) is 7.07. The molecule has 0 aliphatic rings. The smallest absolute Gasteiger partial charge is 0.331 e. The van der Waals surface area contributed by atoms with Crippen LogP contribution >= 0.6 is 0 Å². The van der Waals surface area contributed by atoms with E-state index in [9.17, 15) is 4.79 Å². The number of nitrogens with zero attached hydrogens (tertiary/aromatic N) is 4. The highest BCUT2D eigenvalue weighted by Gasteiger charge is 2.18. The molecule has 2 aromatic heterocycles. The number of hydrogen-bond donors (Lipinski definition) is 1. The van der Waals surface area contributed by atoms with Crippen molar-refractivity contribution in [3.63, 3.8) is 0 Å². The Balaban J connectivity index is 2.51. The van der Waals surface area contributed by atoms with E-state index in [1.54, 1.807) is 11.7 Å². The average molecular weight is 295 g/mol. The summed E-state index contributed by atoms with van der Waals surface area (Å²) in [6, 6.07) is 0. The molecule has 1 N–H and O–H groups in total. The van der Waals surface area contributed by atoms with Crippen molar-refractivity contribution in [2.45, 2.75) is 33.6 Å². The molecule has 2 rings (SSSR count). The molecule has 0 spiro atoms. The molecule has 116 valence electrons. The summed E-state index contributed by atoms with van der Waals surface area (Å²) in [4.78, 5) is 23.9. The Kier molecular flexibility index (Phi) is 4.79. The zero-order valence-corrected chi connectivity index (χ0v) is 12.8. The molecule has 0 saturated heterocycles. The third kappa shape index (κ3) is 2.99. The number of hydrogen-bond acceptors (Lipinski definition) is 6. The first-order valence-corrected chi connectivity index (χ1v) is 7.07. The molecule has 0 amide bonds. The molecule has 0 fully saturated rings. The van der Waals surface area contributed by atoms with Crippen molar-refractivity contribution in [2.24, 2.45) is 7.05 Å². The van der Waals surface area contributed by atoms with Crippen LogP contribution < -0.4 is 15.9 Å². The molecule has 0 aromatic carbocycles. The molecule has 0 aliphatic carbocycles. The van der Waals surface area contributed by atoms with E-state index in [1.165, 1.54) is 0 Å². The van der Waals surface area contributed by atoms with Crippen molar-refractivity contribution in [1.82, 2.24) is 19.7 Å². The largest absolute Gasteiger partial charge is 0.393 e. The zero-order valence-electron chi connectivity index (χ0n) is 12.8. The summed E-state index contributed by atoms with van der Waals surface area (Å²) >= 11 is 0. The van der Waals surface area contributed by atoms with Crippen LogP contribution in [0.3, 0.4) is 0 Å². The summed E-state index contributed by atoms with van der Waals surface area (Å²) in [5.74, 6) is 0.430.